The predicted molar refractivity (Wildman–Crippen MR) is 100 cm³/mol. The quantitative estimate of drug-likeness (QED) is 0.578. The molecule has 0 spiro atoms. The standard InChI is InChI=1S/C19H17N3O6/c1-10(23)20-11-2-4-12(5-3-11)21-15-9-17(25)22(18(15)26)13-6-7-16(24)14(8-13)19(27)28/h2-8,15,21,24H,9H2,1H3,(H,20,23)(H,27,28). The van der Waals surface area contributed by atoms with Gasteiger partial charge in [-0.15, -0.1) is 0 Å². The molecule has 144 valence electrons. The molecule has 2 aromatic carbocycles. The van der Waals surface area contributed by atoms with E-state index in [9.17, 15) is 24.3 Å². The molecule has 1 atom stereocenters. The van der Waals surface area contributed by atoms with E-state index in [4.69, 9.17) is 5.11 Å². The van der Waals surface area contributed by atoms with Gasteiger partial charge >= 0.3 is 5.97 Å². The van der Waals surface area contributed by atoms with Crippen LogP contribution in [0.2, 0.25) is 0 Å². The summed E-state index contributed by atoms with van der Waals surface area (Å²) < 4.78 is 0. The second-order valence-electron chi connectivity index (χ2n) is 6.23. The zero-order chi connectivity index (χ0) is 20.4. The minimum absolute atomic E-state index is 0.0792. The molecule has 28 heavy (non-hydrogen) atoms. The van der Waals surface area contributed by atoms with Gasteiger partial charge in [-0.3, -0.25) is 14.4 Å². The number of aromatic hydroxyl groups is 1. The third-order valence-electron chi connectivity index (χ3n) is 4.16. The SMILES string of the molecule is CC(=O)Nc1ccc(NC2CC(=O)N(c3ccc(O)c(C(=O)O)c3)C2=O)cc1. The van der Waals surface area contributed by atoms with E-state index >= 15 is 0 Å². The molecule has 1 heterocycles. The van der Waals surface area contributed by atoms with Crippen molar-refractivity contribution in [3.63, 3.8) is 0 Å². The first-order chi connectivity index (χ1) is 13.3. The van der Waals surface area contributed by atoms with Gasteiger partial charge in [0.1, 0.15) is 17.4 Å². The Kier molecular flexibility index (Phi) is 4.99. The molecule has 1 unspecified atom stereocenters. The smallest absolute Gasteiger partial charge is 0.339 e. The normalized spacial score (nSPS) is 16.2. The number of aromatic carboxylic acids is 1. The third-order valence-corrected chi connectivity index (χ3v) is 4.16. The van der Waals surface area contributed by atoms with Crippen LogP contribution in [0.25, 0.3) is 0 Å². The molecular weight excluding hydrogens is 366 g/mol. The van der Waals surface area contributed by atoms with Gasteiger partial charge in [-0.2, -0.15) is 0 Å². The molecule has 9 heteroatoms. The fraction of sp³-hybridized carbons (Fsp3) is 0.158. The van der Waals surface area contributed by atoms with Crippen LogP contribution in [0.3, 0.4) is 0 Å². The zero-order valence-electron chi connectivity index (χ0n) is 14.8. The summed E-state index contributed by atoms with van der Waals surface area (Å²) in [4.78, 5) is 48.1. The highest BCUT2D eigenvalue weighted by molar-refractivity contribution is 6.23. The van der Waals surface area contributed by atoms with Gasteiger partial charge in [-0.05, 0) is 42.5 Å². The number of imide groups is 1. The van der Waals surface area contributed by atoms with Crippen molar-refractivity contribution in [2.24, 2.45) is 0 Å². The van der Waals surface area contributed by atoms with Crippen molar-refractivity contribution in [3.05, 3.63) is 48.0 Å². The Morgan fingerprint density at radius 1 is 1.07 bits per heavy atom. The van der Waals surface area contributed by atoms with E-state index in [0.717, 1.165) is 17.0 Å². The summed E-state index contributed by atoms with van der Waals surface area (Å²) in [6, 6.07) is 9.33. The van der Waals surface area contributed by atoms with Gasteiger partial charge in [0.15, 0.2) is 0 Å². The Labute approximate surface area is 159 Å². The van der Waals surface area contributed by atoms with E-state index in [0.29, 0.717) is 11.4 Å². The van der Waals surface area contributed by atoms with Crippen LogP contribution < -0.4 is 15.5 Å². The average Bonchev–Trinajstić information content (AvgIpc) is 2.90. The fourth-order valence-electron chi connectivity index (χ4n) is 2.90. The first-order valence-electron chi connectivity index (χ1n) is 8.33. The molecule has 0 saturated carbocycles. The van der Waals surface area contributed by atoms with E-state index in [2.05, 4.69) is 10.6 Å². The minimum Gasteiger partial charge on any atom is -0.507 e. The van der Waals surface area contributed by atoms with Gasteiger partial charge < -0.3 is 20.8 Å². The first kappa shape index (κ1) is 18.9. The summed E-state index contributed by atoms with van der Waals surface area (Å²) in [6.07, 6.45) is -0.102. The Morgan fingerprint density at radius 2 is 1.71 bits per heavy atom. The predicted octanol–water partition coefficient (Wildman–Crippen LogP) is 1.79. The number of benzene rings is 2. The van der Waals surface area contributed by atoms with E-state index in [1.165, 1.54) is 13.0 Å². The van der Waals surface area contributed by atoms with Gasteiger partial charge in [0.2, 0.25) is 11.8 Å². The molecule has 1 fully saturated rings. The Morgan fingerprint density at radius 3 is 2.32 bits per heavy atom. The van der Waals surface area contributed by atoms with E-state index in [1.54, 1.807) is 24.3 Å². The maximum Gasteiger partial charge on any atom is 0.339 e. The number of carboxylic acid groups (broad SMARTS) is 1. The number of carbonyl (C=O) groups excluding carboxylic acids is 3. The molecule has 1 aliphatic heterocycles. The molecule has 0 aliphatic carbocycles. The molecule has 1 aliphatic rings. The van der Waals surface area contributed by atoms with Crippen LogP contribution in [0.15, 0.2) is 42.5 Å². The third kappa shape index (κ3) is 3.78. The minimum atomic E-state index is -1.37. The molecule has 3 rings (SSSR count). The van der Waals surface area contributed by atoms with Crippen molar-refractivity contribution in [2.75, 3.05) is 15.5 Å². The summed E-state index contributed by atoms with van der Waals surface area (Å²) >= 11 is 0. The number of nitrogens with zero attached hydrogens (tertiary/aromatic N) is 1. The topological polar surface area (TPSA) is 136 Å². The molecule has 0 radical (unpaired) electrons. The number of anilines is 3. The number of carbonyl (C=O) groups is 4. The largest absolute Gasteiger partial charge is 0.507 e. The molecular formula is C19H17N3O6. The fourth-order valence-corrected chi connectivity index (χ4v) is 2.90. The number of hydrogen-bond donors (Lipinski definition) is 4. The van der Waals surface area contributed by atoms with Crippen LogP contribution in [0.1, 0.15) is 23.7 Å². The number of nitrogens with one attached hydrogen (secondary N) is 2. The lowest BCUT2D eigenvalue weighted by Crippen LogP contribution is -2.34. The molecule has 3 amide bonds. The lowest BCUT2D eigenvalue weighted by atomic mass is 10.1. The van der Waals surface area contributed by atoms with Crippen molar-refractivity contribution in [2.45, 2.75) is 19.4 Å². The molecule has 2 aromatic rings. The van der Waals surface area contributed by atoms with Crippen LogP contribution in [0.4, 0.5) is 17.1 Å². The molecule has 0 bridgehead atoms. The number of phenols is 1. The summed E-state index contributed by atoms with van der Waals surface area (Å²) in [7, 11) is 0. The Hall–Kier alpha value is -3.88. The molecule has 4 N–H and O–H groups in total. The highest BCUT2D eigenvalue weighted by Crippen LogP contribution is 2.29. The van der Waals surface area contributed by atoms with Crippen molar-refractivity contribution in [3.8, 4) is 5.75 Å². The van der Waals surface area contributed by atoms with E-state index < -0.39 is 35.1 Å². The van der Waals surface area contributed by atoms with E-state index in [-0.39, 0.29) is 18.0 Å². The summed E-state index contributed by atoms with van der Waals surface area (Å²) in [5, 5.41) is 24.3. The summed E-state index contributed by atoms with van der Waals surface area (Å²) in [5.74, 6) is -3.04. The number of rotatable bonds is 5. The van der Waals surface area contributed by atoms with Gasteiger partial charge in [-0.25, -0.2) is 9.69 Å². The number of hydrogen-bond acceptors (Lipinski definition) is 6. The van der Waals surface area contributed by atoms with Crippen LogP contribution in [-0.4, -0.2) is 39.9 Å². The van der Waals surface area contributed by atoms with Gasteiger partial charge in [0, 0.05) is 18.3 Å². The monoisotopic (exact) mass is 383 g/mol. The van der Waals surface area contributed by atoms with Crippen molar-refractivity contribution in [1.82, 2.24) is 0 Å². The van der Waals surface area contributed by atoms with Crippen LogP contribution in [0.5, 0.6) is 5.75 Å². The Bertz CT molecular complexity index is 970. The first-order valence-corrected chi connectivity index (χ1v) is 8.33. The number of carboxylic acids is 1. The van der Waals surface area contributed by atoms with Crippen LogP contribution in [0, 0.1) is 0 Å². The maximum atomic E-state index is 12.7. The lowest BCUT2D eigenvalue weighted by molar-refractivity contribution is -0.121. The van der Waals surface area contributed by atoms with Crippen LogP contribution in [-0.2, 0) is 14.4 Å². The summed E-state index contributed by atoms with van der Waals surface area (Å²) in [5.41, 5.74) is 0.858. The molecule has 9 nitrogen and oxygen atoms in total. The highest BCUT2D eigenvalue weighted by atomic mass is 16.4. The summed E-state index contributed by atoms with van der Waals surface area (Å²) in [6.45, 7) is 1.39. The second kappa shape index (κ2) is 7.39. The van der Waals surface area contributed by atoms with Gasteiger partial charge in [-0.1, -0.05) is 0 Å². The molecule has 0 aromatic heterocycles. The Balaban J connectivity index is 1.77. The average molecular weight is 383 g/mol. The van der Waals surface area contributed by atoms with Crippen LogP contribution >= 0.6 is 0 Å². The van der Waals surface area contributed by atoms with Crippen molar-refractivity contribution < 1.29 is 29.4 Å². The highest BCUT2D eigenvalue weighted by Gasteiger charge is 2.40. The number of amides is 3. The van der Waals surface area contributed by atoms with Crippen molar-refractivity contribution >= 4 is 40.8 Å². The van der Waals surface area contributed by atoms with Gasteiger partial charge in [0.05, 0.1) is 12.1 Å². The van der Waals surface area contributed by atoms with Gasteiger partial charge in [0.25, 0.3) is 5.91 Å². The molecule has 1 saturated heterocycles. The second-order valence-corrected chi connectivity index (χ2v) is 6.23. The van der Waals surface area contributed by atoms with Crippen molar-refractivity contribution in [1.29, 1.82) is 0 Å². The lowest BCUT2D eigenvalue weighted by Gasteiger charge is -2.17. The van der Waals surface area contributed by atoms with E-state index in [1.807, 2.05) is 0 Å². The maximum absolute atomic E-state index is 12.7. The zero-order valence-corrected chi connectivity index (χ0v) is 14.8.